The third kappa shape index (κ3) is 3.99. The summed E-state index contributed by atoms with van der Waals surface area (Å²) in [6.45, 7) is 4.15. The van der Waals surface area contributed by atoms with E-state index in [4.69, 9.17) is 4.74 Å². The number of fused-ring (bicyclic) bond motifs is 1. The van der Waals surface area contributed by atoms with Crippen LogP contribution in [0.1, 0.15) is 13.3 Å². The second kappa shape index (κ2) is 7.78. The first-order valence-electron chi connectivity index (χ1n) is 8.84. The fraction of sp³-hybridized carbons (Fsp3) is 0.474. The molecule has 2 unspecified atom stereocenters. The molecule has 2 atom stereocenters. The second-order valence-corrected chi connectivity index (χ2v) is 6.99. The van der Waals surface area contributed by atoms with Gasteiger partial charge in [0.25, 0.3) is 0 Å². The van der Waals surface area contributed by atoms with Gasteiger partial charge in [0.1, 0.15) is 0 Å². The fourth-order valence-electron chi connectivity index (χ4n) is 3.55. The Balaban J connectivity index is 1.73. The molecule has 0 radical (unpaired) electrons. The molecular weight excluding hydrogens is 334 g/mol. The molecule has 1 saturated heterocycles. The van der Waals surface area contributed by atoms with Gasteiger partial charge in [-0.2, -0.15) is 0 Å². The Kier molecular flexibility index (Phi) is 5.46. The van der Waals surface area contributed by atoms with Crippen LogP contribution in [0.2, 0.25) is 0 Å². The highest BCUT2D eigenvalue weighted by molar-refractivity contribution is 5.93. The molecule has 2 aromatic rings. The third-order valence-corrected chi connectivity index (χ3v) is 4.86. The normalized spacial score (nSPS) is 20.3. The zero-order valence-electron chi connectivity index (χ0n) is 15.1. The molecule has 7 heteroatoms. The number of nitrogens with one attached hydrogen (secondary N) is 1. The van der Waals surface area contributed by atoms with Crippen LogP contribution in [-0.4, -0.2) is 53.4 Å². The molecule has 3 rings (SSSR count). The number of piperidine rings is 1. The third-order valence-electron chi connectivity index (χ3n) is 4.86. The van der Waals surface area contributed by atoms with Crippen LogP contribution in [0.5, 0.6) is 0 Å². The molecule has 2 heterocycles. The number of likely N-dealkylation sites (tertiary alicyclic amines) is 1. The lowest BCUT2D eigenvalue weighted by Crippen LogP contribution is -2.47. The minimum absolute atomic E-state index is 0.171. The van der Waals surface area contributed by atoms with Gasteiger partial charge in [-0.3, -0.25) is 4.79 Å². The molecule has 0 aliphatic carbocycles. The molecule has 2 N–H and O–H groups in total. The van der Waals surface area contributed by atoms with Crippen molar-refractivity contribution in [2.75, 3.05) is 32.1 Å². The standard InChI is InChI=1S/C19H25N3O4/c1-13-9-15(18(23)24)12-22(11-13)19(25)20-16-4-3-14-5-6-21(7-8-26-2)17(14)10-16/h3-6,10,13,15H,7-9,11-12H2,1-2H3,(H,20,25)(H,23,24). The number of carbonyl (C=O) groups is 2. The highest BCUT2D eigenvalue weighted by Crippen LogP contribution is 2.24. The average Bonchev–Trinajstić information content (AvgIpc) is 3.01. The average molecular weight is 359 g/mol. The molecule has 2 amide bonds. The van der Waals surface area contributed by atoms with Gasteiger partial charge in [0.15, 0.2) is 0 Å². The maximum absolute atomic E-state index is 12.6. The van der Waals surface area contributed by atoms with E-state index >= 15 is 0 Å². The van der Waals surface area contributed by atoms with E-state index in [1.807, 2.05) is 37.4 Å². The number of aliphatic carboxylic acids is 1. The number of amides is 2. The van der Waals surface area contributed by atoms with E-state index < -0.39 is 11.9 Å². The van der Waals surface area contributed by atoms with E-state index in [2.05, 4.69) is 9.88 Å². The summed E-state index contributed by atoms with van der Waals surface area (Å²) < 4.78 is 7.21. The van der Waals surface area contributed by atoms with Crippen LogP contribution in [0.4, 0.5) is 10.5 Å². The van der Waals surface area contributed by atoms with Crippen molar-refractivity contribution in [3.8, 4) is 0 Å². The van der Waals surface area contributed by atoms with Crippen molar-refractivity contribution in [3.63, 3.8) is 0 Å². The van der Waals surface area contributed by atoms with Gasteiger partial charge in [0, 0.05) is 38.6 Å². The number of anilines is 1. The van der Waals surface area contributed by atoms with Crippen LogP contribution in [0.3, 0.4) is 0 Å². The minimum atomic E-state index is -0.841. The summed E-state index contributed by atoms with van der Waals surface area (Å²) in [6.07, 6.45) is 2.61. The first-order chi connectivity index (χ1) is 12.5. The van der Waals surface area contributed by atoms with Gasteiger partial charge in [0.05, 0.1) is 18.0 Å². The molecule has 1 aromatic carbocycles. The van der Waals surface area contributed by atoms with Crippen molar-refractivity contribution in [1.82, 2.24) is 9.47 Å². The maximum Gasteiger partial charge on any atom is 0.321 e. The lowest BCUT2D eigenvalue weighted by molar-refractivity contribution is -0.143. The van der Waals surface area contributed by atoms with Crippen molar-refractivity contribution in [1.29, 1.82) is 0 Å². The smallest absolute Gasteiger partial charge is 0.321 e. The summed E-state index contributed by atoms with van der Waals surface area (Å²) in [7, 11) is 1.67. The molecule has 1 aliphatic heterocycles. The Bertz CT molecular complexity index is 801. The fourth-order valence-corrected chi connectivity index (χ4v) is 3.55. The molecular formula is C19H25N3O4. The number of ether oxygens (including phenoxy) is 1. The largest absolute Gasteiger partial charge is 0.481 e. The van der Waals surface area contributed by atoms with E-state index in [1.54, 1.807) is 12.0 Å². The number of methoxy groups -OCH3 is 1. The number of carboxylic acid groups (broad SMARTS) is 1. The van der Waals surface area contributed by atoms with Gasteiger partial charge in [0.2, 0.25) is 0 Å². The number of carboxylic acids is 1. The summed E-state index contributed by atoms with van der Waals surface area (Å²) in [5, 5.41) is 13.3. The van der Waals surface area contributed by atoms with Gasteiger partial charge < -0.3 is 24.6 Å². The first-order valence-corrected chi connectivity index (χ1v) is 8.84. The SMILES string of the molecule is COCCn1ccc2ccc(NC(=O)N3CC(C)CC(C(=O)O)C3)cc21. The summed E-state index contributed by atoms with van der Waals surface area (Å²) in [6, 6.07) is 7.54. The zero-order valence-corrected chi connectivity index (χ0v) is 15.1. The van der Waals surface area contributed by atoms with Crippen LogP contribution in [0.15, 0.2) is 30.5 Å². The molecule has 0 bridgehead atoms. The monoisotopic (exact) mass is 359 g/mol. The number of rotatable bonds is 5. The first kappa shape index (κ1) is 18.3. The number of urea groups is 1. The van der Waals surface area contributed by atoms with Crippen molar-refractivity contribution in [2.45, 2.75) is 19.9 Å². The Morgan fingerprint density at radius 2 is 2.12 bits per heavy atom. The molecule has 1 aromatic heterocycles. The van der Waals surface area contributed by atoms with E-state index in [-0.39, 0.29) is 18.5 Å². The minimum Gasteiger partial charge on any atom is -0.481 e. The lowest BCUT2D eigenvalue weighted by Gasteiger charge is -2.34. The number of aromatic nitrogens is 1. The molecule has 26 heavy (non-hydrogen) atoms. The number of nitrogens with zero attached hydrogens (tertiary/aromatic N) is 2. The summed E-state index contributed by atoms with van der Waals surface area (Å²) in [5.41, 5.74) is 1.72. The van der Waals surface area contributed by atoms with Crippen molar-refractivity contribution >= 4 is 28.6 Å². The van der Waals surface area contributed by atoms with E-state index in [9.17, 15) is 14.7 Å². The molecule has 0 saturated carbocycles. The van der Waals surface area contributed by atoms with Crippen LogP contribution in [0.25, 0.3) is 10.9 Å². The highest BCUT2D eigenvalue weighted by Gasteiger charge is 2.31. The summed E-state index contributed by atoms with van der Waals surface area (Å²) in [4.78, 5) is 25.5. The van der Waals surface area contributed by atoms with E-state index in [0.717, 1.165) is 17.4 Å². The predicted molar refractivity (Wildman–Crippen MR) is 99.3 cm³/mol. The Hall–Kier alpha value is -2.54. The van der Waals surface area contributed by atoms with Crippen LogP contribution < -0.4 is 5.32 Å². The number of carbonyl (C=O) groups excluding carboxylic acids is 1. The van der Waals surface area contributed by atoms with Gasteiger partial charge >= 0.3 is 12.0 Å². The van der Waals surface area contributed by atoms with Gasteiger partial charge in [-0.1, -0.05) is 13.0 Å². The van der Waals surface area contributed by atoms with Gasteiger partial charge in [-0.25, -0.2) is 4.79 Å². The number of hydrogen-bond acceptors (Lipinski definition) is 3. The van der Waals surface area contributed by atoms with Gasteiger partial charge in [-0.15, -0.1) is 0 Å². The van der Waals surface area contributed by atoms with E-state index in [1.165, 1.54) is 0 Å². The predicted octanol–water partition coefficient (Wildman–Crippen LogP) is 2.86. The number of benzene rings is 1. The van der Waals surface area contributed by atoms with Crippen molar-refractivity contribution in [3.05, 3.63) is 30.5 Å². The maximum atomic E-state index is 12.6. The molecule has 1 aliphatic rings. The van der Waals surface area contributed by atoms with Crippen LogP contribution >= 0.6 is 0 Å². The summed E-state index contributed by atoms with van der Waals surface area (Å²) in [5.74, 6) is -1.17. The van der Waals surface area contributed by atoms with Crippen LogP contribution in [0, 0.1) is 11.8 Å². The Morgan fingerprint density at radius 1 is 1.31 bits per heavy atom. The molecule has 140 valence electrons. The molecule has 1 fully saturated rings. The second-order valence-electron chi connectivity index (χ2n) is 6.99. The van der Waals surface area contributed by atoms with Crippen LogP contribution in [-0.2, 0) is 16.1 Å². The van der Waals surface area contributed by atoms with E-state index in [0.29, 0.717) is 25.3 Å². The molecule has 7 nitrogen and oxygen atoms in total. The van der Waals surface area contributed by atoms with Crippen molar-refractivity contribution < 1.29 is 19.4 Å². The molecule has 0 spiro atoms. The van der Waals surface area contributed by atoms with Crippen molar-refractivity contribution in [2.24, 2.45) is 11.8 Å². The lowest BCUT2D eigenvalue weighted by atomic mass is 9.91. The topological polar surface area (TPSA) is 83.8 Å². The number of hydrogen-bond donors (Lipinski definition) is 2. The van der Waals surface area contributed by atoms with Gasteiger partial charge in [-0.05, 0) is 35.9 Å². The quantitative estimate of drug-likeness (QED) is 0.860. The Morgan fingerprint density at radius 3 is 2.85 bits per heavy atom. The Labute approximate surface area is 152 Å². The zero-order chi connectivity index (χ0) is 18.7. The summed E-state index contributed by atoms with van der Waals surface area (Å²) >= 11 is 0. The highest BCUT2D eigenvalue weighted by atomic mass is 16.5.